The van der Waals surface area contributed by atoms with Crippen LogP contribution < -0.4 is 15.9 Å². The minimum atomic E-state index is -0.671. The molecular weight excluding hydrogens is 598 g/mol. The molecule has 0 amide bonds. The van der Waals surface area contributed by atoms with Crippen LogP contribution in [-0.4, -0.2) is 5.66 Å². The number of hydrogen-bond acceptors (Lipinski definition) is 0. The first-order valence-corrected chi connectivity index (χ1v) is 16.9. The molecule has 6 rings (SSSR count). The zero-order chi connectivity index (χ0) is 29.5. The summed E-state index contributed by atoms with van der Waals surface area (Å²) >= 11 is 0. The molecule has 43 heavy (non-hydrogen) atoms. The van der Waals surface area contributed by atoms with Gasteiger partial charge in [-0.05, 0) is 76.9 Å². The van der Waals surface area contributed by atoms with Crippen LogP contribution in [0.4, 0.5) is 0 Å². The van der Waals surface area contributed by atoms with Crippen molar-refractivity contribution >= 4 is 31.8 Å². The molecule has 0 bridgehead atoms. The third-order valence-electron chi connectivity index (χ3n) is 7.11. The molecule has 0 heterocycles. The van der Waals surface area contributed by atoms with Gasteiger partial charge in [-0.25, -0.2) is 5.73 Å². The fourth-order valence-corrected chi connectivity index (χ4v) is 11.2. The van der Waals surface area contributed by atoms with E-state index in [1.54, 1.807) is 0 Å². The number of rotatable bonds is 7. The van der Waals surface area contributed by atoms with Crippen molar-refractivity contribution in [2.45, 2.75) is 40.3 Å². The number of allylic oxidation sites excluding steroid dienone is 9. The fourth-order valence-electron chi connectivity index (χ4n) is 5.55. The molecule has 0 spiro atoms. The molecule has 212 valence electrons. The van der Waals surface area contributed by atoms with E-state index in [1.165, 1.54) is 54.4 Å². The average molecular weight is 633 g/mol. The van der Waals surface area contributed by atoms with Gasteiger partial charge in [0, 0.05) is 11.2 Å². The predicted octanol–water partition coefficient (Wildman–Crippen LogP) is 9.02. The van der Waals surface area contributed by atoms with Gasteiger partial charge in [0.1, 0.15) is 0 Å². The molecule has 3 aliphatic rings. The largest absolute Gasteiger partial charge is 2.00 e. The Morgan fingerprint density at radius 1 is 0.767 bits per heavy atom. The predicted molar refractivity (Wildman–Crippen MR) is 183 cm³/mol. The Hall–Kier alpha value is -3.27. The summed E-state index contributed by atoms with van der Waals surface area (Å²) in [4.78, 5) is 0. The molecule has 3 aromatic carbocycles. The van der Waals surface area contributed by atoms with E-state index in [1.807, 2.05) is 0 Å². The Morgan fingerprint density at radius 2 is 1.40 bits per heavy atom. The van der Waals surface area contributed by atoms with Crippen molar-refractivity contribution in [3.05, 3.63) is 183 Å². The SMILES string of the molecule is Cc1cc(C)cc(P(c2cc(C)cc(C)c2)[C@H](C)C2=C=CC=C2P(C2=C[CH]C=C[CH-]2)c2ccccc2)c1.[C]1=C=C=C=[C-]1.[Fe+2]. The van der Waals surface area contributed by atoms with E-state index >= 15 is 0 Å². The Bertz CT molecular complexity index is 1670. The van der Waals surface area contributed by atoms with Gasteiger partial charge in [0.15, 0.2) is 0 Å². The Morgan fingerprint density at radius 3 is 1.88 bits per heavy atom. The second-order valence-corrected chi connectivity index (χ2v) is 15.4. The second-order valence-electron chi connectivity index (χ2n) is 10.6. The van der Waals surface area contributed by atoms with Gasteiger partial charge in [0.2, 0.25) is 0 Å². The number of benzene rings is 3. The van der Waals surface area contributed by atoms with Gasteiger partial charge in [0.25, 0.3) is 0 Å². The minimum absolute atomic E-state index is 0. The van der Waals surface area contributed by atoms with Gasteiger partial charge < -0.3 is 0 Å². The van der Waals surface area contributed by atoms with Crippen molar-refractivity contribution in [1.82, 2.24) is 0 Å². The second kappa shape index (κ2) is 15.5. The van der Waals surface area contributed by atoms with Crippen LogP contribution in [0.3, 0.4) is 0 Å². The molecule has 1 unspecified atom stereocenters. The van der Waals surface area contributed by atoms with Crippen molar-refractivity contribution in [2.24, 2.45) is 0 Å². The van der Waals surface area contributed by atoms with Gasteiger partial charge in [-0.3, -0.25) is 11.5 Å². The number of hydrogen-bond donors (Lipinski definition) is 0. The maximum absolute atomic E-state index is 3.74. The van der Waals surface area contributed by atoms with Crippen LogP contribution in [0.2, 0.25) is 0 Å². The molecule has 0 N–H and O–H groups in total. The first-order chi connectivity index (χ1) is 20.4. The van der Waals surface area contributed by atoms with Crippen LogP contribution in [0.25, 0.3) is 0 Å². The van der Waals surface area contributed by atoms with Gasteiger partial charge >= 0.3 is 17.1 Å². The minimum Gasteiger partial charge on any atom is -0.288 e. The van der Waals surface area contributed by atoms with Crippen LogP contribution in [0.5, 0.6) is 0 Å². The van der Waals surface area contributed by atoms with E-state index in [0.29, 0.717) is 5.66 Å². The van der Waals surface area contributed by atoms with Crippen molar-refractivity contribution in [2.75, 3.05) is 0 Å². The summed E-state index contributed by atoms with van der Waals surface area (Å²) < 4.78 is 0. The van der Waals surface area contributed by atoms with Crippen molar-refractivity contribution in [3.63, 3.8) is 0 Å². The van der Waals surface area contributed by atoms with Crippen LogP contribution in [0.1, 0.15) is 29.2 Å². The van der Waals surface area contributed by atoms with E-state index < -0.39 is 15.8 Å². The summed E-state index contributed by atoms with van der Waals surface area (Å²) in [6.07, 6.45) is 20.5. The van der Waals surface area contributed by atoms with Gasteiger partial charge in [-0.15, -0.1) is 29.6 Å². The summed E-state index contributed by atoms with van der Waals surface area (Å²) in [6, 6.07) is 25.2. The zero-order valence-electron chi connectivity index (χ0n) is 25.2. The maximum Gasteiger partial charge on any atom is 2.00 e. The van der Waals surface area contributed by atoms with Gasteiger partial charge in [-0.1, -0.05) is 95.9 Å². The molecule has 3 heteroatoms. The Labute approximate surface area is 271 Å². The molecule has 3 aliphatic carbocycles. The molecule has 0 fully saturated rings. The third kappa shape index (κ3) is 8.22. The maximum atomic E-state index is 3.74. The Kier molecular flexibility index (Phi) is 11.7. The van der Waals surface area contributed by atoms with E-state index in [2.05, 4.69) is 180 Å². The van der Waals surface area contributed by atoms with E-state index in [0.717, 1.165) is 0 Å². The summed E-state index contributed by atoms with van der Waals surface area (Å²) in [5.74, 6) is 0. The monoisotopic (exact) mass is 632 g/mol. The Balaban J connectivity index is 0.000000641. The first-order valence-electron chi connectivity index (χ1n) is 14.2. The quantitative estimate of drug-likeness (QED) is 0.106. The molecule has 0 saturated heterocycles. The van der Waals surface area contributed by atoms with Crippen LogP contribution in [0.15, 0.2) is 136 Å². The standard InChI is InChI=1S/C35H34P2.C5.Fe/c1-25-19-26(2)22-32(21-25)36(33-23-27(3)20-28(4)24-33)29(5)34-17-12-18-35(34)37(30-13-8-6-9-14-30)31-15-10-7-11-16-31;1-2-4-5-3-1;/h6-16,18-24,29H,1-5H3;;/q2*-1;+2/t29-;;/m1../s1. The van der Waals surface area contributed by atoms with E-state index in [9.17, 15) is 0 Å². The van der Waals surface area contributed by atoms with Crippen molar-refractivity contribution < 1.29 is 17.1 Å². The summed E-state index contributed by atoms with van der Waals surface area (Å²) in [6.45, 7) is 11.3. The van der Waals surface area contributed by atoms with E-state index in [4.69, 9.17) is 0 Å². The summed E-state index contributed by atoms with van der Waals surface area (Å²) in [5.41, 5.74) is 18.3. The first kappa shape index (κ1) is 32.6. The van der Waals surface area contributed by atoms with Gasteiger partial charge in [0.05, 0.1) is 0 Å². The zero-order valence-corrected chi connectivity index (χ0v) is 28.1. The topological polar surface area (TPSA) is 0 Å². The van der Waals surface area contributed by atoms with E-state index in [-0.39, 0.29) is 17.1 Å². The third-order valence-corrected chi connectivity index (χ3v) is 12.3. The molecule has 0 nitrogen and oxygen atoms in total. The molecular formula is C40H34FeP2. The van der Waals surface area contributed by atoms with Gasteiger partial charge in [-0.2, -0.15) is 24.6 Å². The molecule has 0 aromatic heterocycles. The smallest absolute Gasteiger partial charge is 0.288 e. The molecule has 0 aliphatic heterocycles. The van der Waals surface area contributed by atoms with Crippen molar-refractivity contribution in [3.8, 4) is 0 Å². The van der Waals surface area contributed by atoms with Crippen LogP contribution >= 0.6 is 15.8 Å². The van der Waals surface area contributed by atoms with Crippen LogP contribution in [0, 0.1) is 52.7 Å². The fraction of sp³-hybridized carbons (Fsp3) is 0.150. The average Bonchev–Trinajstić information content (AvgIpc) is 3.70. The summed E-state index contributed by atoms with van der Waals surface area (Å²) in [5, 5.41) is 7.11. The molecule has 0 saturated carbocycles. The molecule has 2 atom stereocenters. The number of aryl methyl sites for hydroxylation is 4. The van der Waals surface area contributed by atoms with Crippen molar-refractivity contribution in [1.29, 1.82) is 0 Å². The molecule has 3 aromatic rings. The normalized spacial score (nSPS) is 15.3. The molecule has 2 radical (unpaired) electrons. The summed E-state index contributed by atoms with van der Waals surface area (Å²) in [7, 11) is -1.30. The van der Waals surface area contributed by atoms with Crippen LogP contribution in [-0.2, 0) is 17.1 Å².